The van der Waals surface area contributed by atoms with Crippen molar-refractivity contribution in [3.63, 3.8) is 0 Å². The van der Waals surface area contributed by atoms with Gasteiger partial charge in [-0.3, -0.25) is 4.79 Å². The van der Waals surface area contributed by atoms with Crippen molar-refractivity contribution in [3.05, 3.63) is 35.4 Å². The van der Waals surface area contributed by atoms with Crippen LogP contribution in [0.5, 0.6) is 0 Å². The SMILES string of the molecule is CC(Cl)CCN(C)C(=O)c1c(F)cccc1F. The minimum Gasteiger partial charge on any atom is -0.341 e. The Hall–Kier alpha value is -1.16. The first-order chi connectivity index (χ1) is 7.93. The molecule has 0 saturated carbocycles. The topological polar surface area (TPSA) is 20.3 Å². The number of carbonyl (C=O) groups is 1. The Kier molecular flexibility index (Phi) is 4.87. The second kappa shape index (κ2) is 5.96. The number of halogens is 3. The summed E-state index contributed by atoms with van der Waals surface area (Å²) in [5.41, 5.74) is -0.516. The highest BCUT2D eigenvalue weighted by atomic mass is 35.5. The molecule has 1 aromatic carbocycles. The van der Waals surface area contributed by atoms with Crippen LogP contribution in [0.1, 0.15) is 23.7 Å². The Morgan fingerprint density at radius 3 is 2.41 bits per heavy atom. The summed E-state index contributed by atoms with van der Waals surface area (Å²) in [5.74, 6) is -2.36. The summed E-state index contributed by atoms with van der Waals surface area (Å²) in [4.78, 5) is 13.1. The van der Waals surface area contributed by atoms with E-state index in [0.29, 0.717) is 13.0 Å². The van der Waals surface area contributed by atoms with Crippen LogP contribution in [0.4, 0.5) is 8.78 Å². The summed E-state index contributed by atoms with van der Waals surface area (Å²) in [6.07, 6.45) is 0.569. The van der Waals surface area contributed by atoms with Crippen LogP contribution in [0.3, 0.4) is 0 Å². The third-order valence-corrected chi connectivity index (χ3v) is 2.60. The quantitative estimate of drug-likeness (QED) is 0.763. The van der Waals surface area contributed by atoms with Gasteiger partial charge in [0.2, 0.25) is 0 Å². The van der Waals surface area contributed by atoms with E-state index in [-0.39, 0.29) is 5.38 Å². The third kappa shape index (κ3) is 3.66. The summed E-state index contributed by atoms with van der Waals surface area (Å²) >= 11 is 5.75. The van der Waals surface area contributed by atoms with Crippen LogP contribution in [-0.4, -0.2) is 29.8 Å². The van der Waals surface area contributed by atoms with Gasteiger partial charge >= 0.3 is 0 Å². The molecule has 0 N–H and O–H groups in total. The van der Waals surface area contributed by atoms with Crippen LogP contribution in [0.2, 0.25) is 0 Å². The summed E-state index contributed by atoms with van der Waals surface area (Å²) in [5, 5.41) is -0.0873. The molecular formula is C12H14ClF2NO. The van der Waals surface area contributed by atoms with Gasteiger partial charge in [0.25, 0.3) is 5.91 Å². The molecule has 0 fully saturated rings. The first-order valence-electron chi connectivity index (χ1n) is 5.27. The molecule has 0 aliphatic heterocycles. The molecule has 0 aliphatic rings. The van der Waals surface area contributed by atoms with Crippen molar-refractivity contribution in [2.75, 3.05) is 13.6 Å². The Labute approximate surface area is 104 Å². The van der Waals surface area contributed by atoms with Crippen molar-refractivity contribution < 1.29 is 13.6 Å². The van der Waals surface area contributed by atoms with Crippen molar-refractivity contribution in [1.29, 1.82) is 0 Å². The highest BCUT2D eigenvalue weighted by molar-refractivity contribution is 6.20. The number of alkyl halides is 1. The average Bonchev–Trinajstić information content (AvgIpc) is 2.25. The molecule has 1 rings (SSSR count). The molecule has 0 bridgehead atoms. The fraction of sp³-hybridized carbons (Fsp3) is 0.417. The summed E-state index contributed by atoms with van der Waals surface area (Å²) < 4.78 is 26.7. The number of carbonyl (C=O) groups excluding carboxylic acids is 1. The minimum absolute atomic E-state index is 0.0873. The van der Waals surface area contributed by atoms with Gasteiger partial charge in [-0.05, 0) is 25.5 Å². The summed E-state index contributed by atoms with van der Waals surface area (Å²) in [7, 11) is 1.49. The van der Waals surface area contributed by atoms with Gasteiger partial charge in [0.1, 0.15) is 17.2 Å². The Morgan fingerprint density at radius 1 is 1.41 bits per heavy atom. The van der Waals surface area contributed by atoms with Crippen molar-refractivity contribution in [2.24, 2.45) is 0 Å². The second-order valence-electron chi connectivity index (χ2n) is 3.89. The fourth-order valence-corrected chi connectivity index (χ4v) is 1.46. The Balaban J connectivity index is 2.82. The lowest BCUT2D eigenvalue weighted by atomic mass is 10.1. The van der Waals surface area contributed by atoms with Gasteiger partial charge in [-0.15, -0.1) is 11.6 Å². The molecule has 1 atom stereocenters. The largest absolute Gasteiger partial charge is 0.341 e. The summed E-state index contributed by atoms with van der Waals surface area (Å²) in [6.45, 7) is 2.15. The smallest absolute Gasteiger partial charge is 0.259 e. The maximum absolute atomic E-state index is 13.3. The van der Waals surface area contributed by atoms with Crippen LogP contribution in [-0.2, 0) is 0 Å². The van der Waals surface area contributed by atoms with Crippen LogP contribution < -0.4 is 0 Å². The molecule has 0 radical (unpaired) electrons. The van der Waals surface area contributed by atoms with Gasteiger partial charge in [-0.25, -0.2) is 8.78 Å². The lowest BCUT2D eigenvalue weighted by molar-refractivity contribution is 0.0784. The zero-order valence-corrected chi connectivity index (χ0v) is 10.5. The van der Waals surface area contributed by atoms with Gasteiger partial charge in [0, 0.05) is 19.0 Å². The summed E-state index contributed by atoms with van der Waals surface area (Å²) in [6, 6.07) is 3.35. The van der Waals surface area contributed by atoms with E-state index in [1.807, 2.05) is 0 Å². The standard InChI is InChI=1S/C12H14ClF2NO/c1-8(13)6-7-16(2)12(17)11-9(14)4-3-5-10(11)15/h3-5,8H,6-7H2,1-2H3. The van der Waals surface area contributed by atoms with E-state index in [9.17, 15) is 13.6 Å². The molecule has 2 nitrogen and oxygen atoms in total. The Bertz CT molecular complexity index is 389. The van der Waals surface area contributed by atoms with E-state index in [2.05, 4.69) is 0 Å². The highest BCUT2D eigenvalue weighted by Gasteiger charge is 2.20. The van der Waals surface area contributed by atoms with Crippen molar-refractivity contribution in [1.82, 2.24) is 4.90 Å². The lowest BCUT2D eigenvalue weighted by Gasteiger charge is -2.18. The van der Waals surface area contributed by atoms with Crippen LogP contribution in [0.15, 0.2) is 18.2 Å². The van der Waals surface area contributed by atoms with Gasteiger partial charge in [0.05, 0.1) is 0 Å². The molecular weight excluding hydrogens is 248 g/mol. The van der Waals surface area contributed by atoms with E-state index < -0.39 is 23.1 Å². The van der Waals surface area contributed by atoms with Gasteiger partial charge in [-0.2, -0.15) is 0 Å². The van der Waals surface area contributed by atoms with E-state index in [4.69, 9.17) is 11.6 Å². The van der Waals surface area contributed by atoms with Crippen LogP contribution >= 0.6 is 11.6 Å². The fourth-order valence-electron chi connectivity index (χ4n) is 1.37. The normalized spacial score (nSPS) is 12.3. The number of amides is 1. The molecule has 94 valence electrons. The molecule has 5 heteroatoms. The average molecular weight is 262 g/mol. The molecule has 1 unspecified atom stereocenters. The molecule has 0 aliphatic carbocycles. The van der Waals surface area contributed by atoms with Crippen LogP contribution in [0, 0.1) is 11.6 Å². The molecule has 17 heavy (non-hydrogen) atoms. The number of rotatable bonds is 4. The maximum atomic E-state index is 13.3. The monoisotopic (exact) mass is 261 g/mol. The molecule has 0 aromatic heterocycles. The number of nitrogens with zero attached hydrogens (tertiary/aromatic N) is 1. The van der Waals surface area contributed by atoms with Crippen molar-refractivity contribution >= 4 is 17.5 Å². The van der Waals surface area contributed by atoms with Gasteiger partial charge < -0.3 is 4.90 Å². The molecule has 0 saturated heterocycles. The van der Waals surface area contributed by atoms with E-state index in [1.54, 1.807) is 6.92 Å². The van der Waals surface area contributed by atoms with E-state index in [0.717, 1.165) is 12.1 Å². The predicted molar refractivity (Wildman–Crippen MR) is 63.3 cm³/mol. The predicted octanol–water partition coefficient (Wildman–Crippen LogP) is 3.05. The first-order valence-corrected chi connectivity index (χ1v) is 5.70. The minimum atomic E-state index is -0.847. The zero-order valence-electron chi connectivity index (χ0n) is 9.71. The number of hydrogen-bond acceptors (Lipinski definition) is 1. The molecule has 1 amide bonds. The molecule has 0 spiro atoms. The van der Waals surface area contributed by atoms with Gasteiger partial charge in [-0.1, -0.05) is 6.07 Å². The first kappa shape index (κ1) is 13.9. The number of benzene rings is 1. The van der Waals surface area contributed by atoms with Crippen molar-refractivity contribution in [2.45, 2.75) is 18.7 Å². The van der Waals surface area contributed by atoms with E-state index >= 15 is 0 Å². The molecule has 0 heterocycles. The zero-order chi connectivity index (χ0) is 13.0. The maximum Gasteiger partial charge on any atom is 0.259 e. The highest BCUT2D eigenvalue weighted by Crippen LogP contribution is 2.14. The lowest BCUT2D eigenvalue weighted by Crippen LogP contribution is -2.30. The van der Waals surface area contributed by atoms with Crippen LogP contribution in [0.25, 0.3) is 0 Å². The third-order valence-electron chi connectivity index (χ3n) is 2.39. The Morgan fingerprint density at radius 2 is 1.94 bits per heavy atom. The van der Waals surface area contributed by atoms with Gasteiger partial charge in [0.15, 0.2) is 0 Å². The van der Waals surface area contributed by atoms with Crippen molar-refractivity contribution in [3.8, 4) is 0 Å². The number of hydrogen-bond donors (Lipinski definition) is 0. The van der Waals surface area contributed by atoms with E-state index in [1.165, 1.54) is 18.0 Å². The molecule has 1 aromatic rings. The second-order valence-corrected chi connectivity index (χ2v) is 4.64.